The van der Waals surface area contributed by atoms with Gasteiger partial charge in [0.05, 0.1) is 18.0 Å². The first kappa shape index (κ1) is 20.8. The Morgan fingerprint density at radius 2 is 1.70 bits per heavy atom. The number of sulfonamides is 1. The molecular weight excluding hydrogens is 364 g/mol. The summed E-state index contributed by atoms with van der Waals surface area (Å²) in [5.74, 6) is 0.0608. The van der Waals surface area contributed by atoms with Gasteiger partial charge in [-0.15, -0.1) is 0 Å². The highest BCUT2D eigenvalue weighted by molar-refractivity contribution is 7.92. The van der Waals surface area contributed by atoms with E-state index in [2.05, 4.69) is 5.32 Å². The molecular formula is C20H26N2O4S. The Kier molecular flexibility index (Phi) is 7.24. The number of nitrogens with one attached hydrogen (secondary N) is 1. The van der Waals surface area contributed by atoms with Crippen molar-refractivity contribution in [3.05, 3.63) is 60.2 Å². The summed E-state index contributed by atoms with van der Waals surface area (Å²) < 4.78 is 31.4. The lowest BCUT2D eigenvalue weighted by atomic mass is 10.1. The summed E-state index contributed by atoms with van der Waals surface area (Å²) in [4.78, 5) is 12.3. The number of benzene rings is 2. The fourth-order valence-electron chi connectivity index (χ4n) is 2.58. The first-order chi connectivity index (χ1) is 12.8. The maximum atomic E-state index is 12.3. The summed E-state index contributed by atoms with van der Waals surface area (Å²) in [6.07, 6.45) is 1.64. The summed E-state index contributed by atoms with van der Waals surface area (Å²) >= 11 is 0. The zero-order valence-electron chi connectivity index (χ0n) is 15.9. The van der Waals surface area contributed by atoms with Crippen LogP contribution in [0.25, 0.3) is 0 Å². The average Bonchev–Trinajstić information content (AvgIpc) is 2.60. The van der Waals surface area contributed by atoms with Crippen LogP contribution in [0.1, 0.15) is 19.4 Å². The quantitative estimate of drug-likeness (QED) is 0.714. The van der Waals surface area contributed by atoms with Crippen LogP contribution < -0.4 is 14.4 Å². The van der Waals surface area contributed by atoms with E-state index in [0.717, 1.165) is 16.1 Å². The Labute approximate surface area is 161 Å². The first-order valence-corrected chi connectivity index (χ1v) is 10.7. The van der Waals surface area contributed by atoms with E-state index < -0.39 is 10.0 Å². The molecule has 0 heterocycles. The SMILES string of the molecule is CC(C)Oc1ccccc1N(CC(=O)NCCc1ccccc1)S(C)(=O)=O. The van der Waals surface area contributed by atoms with Crippen LogP contribution in [-0.4, -0.2) is 39.8 Å². The van der Waals surface area contributed by atoms with Crippen molar-refractivity contribution in [1.29, 1.82) is 0 Å². The third-order valence-corrected chi connectivity index (χ3v) is 4.89. The van der Waals surface area contributed by atoms with Crippen LogP contribution in [0.2, 0.25) is 0 Å². The number of carbonyl (C=O) groups excluding carboxylic acids is 1. The maximum Gasteiger partial charge on any atom is 0.240 e. The normalized spacial score (nSPS) is 11.3. The third kappa shape index (κ3) is 6.60. The first-order valence-electron chi connectivity index (χ1n) is 8.81. The highest BCUT2D eigenvalue weighted by atomic mass is 32.2. The molecule has 0 spiro atoms. The van der Waals surface area contributed by atoms with Crippen molar-refractivity contribution in [2.24, 2.45) is 0 Å². The van der Waals surface area contributed by atoms with Crippen LogP contribution in [0.5, 0.6) is 5.75 Å². The van der Waals surface area contributed by atoms with E-state index in [-0.39, 0.29) is 18.6 Å². The van der Waals surface area contributed by atoms with Crippen molar-refractivity contribution in [3.8, 4) is 5.75 Å². The lowest BCUT2D eigenvalue weighted by Gasteiger charge is -2.25. The molecule has 1 amide bonds. The predicted octanol–water partition coefficient (Wildman–Crippen LogP) is 2.60. The summed E-state index contributed by atoms with van der Waals surface area (Å²) in [6.45, 7) is 3.85. The second-order valence-electron chi connectivity index (χ2n) is 6.49. The number of carbonyl (C=O) groups is 1. The van der Waals surface area contributed by atoms with E-state index in [1.807, 2.05) is 44.2 Å². The van der Waals surface area contributed by atoms with E-state index in [1.165, 1.54) is 0 Å². The molecule has 0 fully saturated rings. The van der Waals surface area contributed by atoms with Gasteiger partial charge in [-0.2, -0.15) is 0 Å². The van der Waals surface area contributed by atoms with Crippen molar-refractivity contribution < 1.29 is 17.9 Å². The molecule has 0 aromatic heterocycles. The fraction of sp³-hybridized carbons (Fsp3) is 0.350. The van der Waals surface area contributed by atoms with Crippen molar-refractivity contribution >= 4 is 21.6 Å². The van der Waals surface area contributed by atoms with Gasteiger partial charge in [-0.3, -0.25) is 9.10 Å². The fourth-order valence-corrected chi connectivity index (χ4v) is 3.44. The molecule has 6 nitrogen and oxygen atoms in total. The second-order valence-corrected chi connectivity index (χ2v) is 8.40. The summed E-state index contributed by atoms with van der Waals surface area (Å²) in [7, 11) is -3.66. The van der Waals surface area contributed by atoms with Gasteiger partial charge >= 0.3 is 0 Å². The molecule has 27 heavy (non-hydrogen) atoms. The molecule has 0 aliphatic rings. The van der Waals surface area contributed by atoms with Gasteiger partial charge in [0, 0.05) is 6.54 Å². The lowest BCUT2D eigenvalue weighted by molar-refractivity contribution is -0.119. The summed E-state index contributed by atoms with van der Waals surface area (Å²) in [5, 5.41) is 2.78. The Morgan fingerprint density at radius 1 is 1.07 bits per heavy atom. The molecule has 0 radical (unpaired) electrons. The zero-order chi connectivity index (χ0) is 19.9. The van der Waals surface area contributed by atoms with E-state index >= 15 is 0 Å². The van der Waals surface area contributed by atoms with Crippen LogP contribution in [0.4, 0.5) is 5.69 Å². The molecule has 0 bridgehead atoms. The van der Waals surface area contributed by atoms with Crippen molar-refractivity contribution in [2.45, 2.75) is 26.4 Å². The molecule has 2 aromatic carbocycles. The number of hydrogen-bond acceptors (Lipinski definition) is 4. The molecule has 0 aliphatic heterocycles. The molecule has 2 aromatic rings. The third-order valence-electron chi connectivity index (χ3n) is 3.76. The van der Waals surface area contributed by atoms with Crippen molar-refractivity contribution in [3.63, 3.8) is 0 Å². The lowest BCUT2D eigenvalue weighted by Crippen LogP contribution is -2.41. The Bertz CT molecular complexity index is 851. The van der Waals surface area contributed by atoms with Gasteiger partial charge in [-0.1, -0.05) is 42.5 Å². The van der Waals surface area contributed by atoms with E-state index in [4.69, 9.17) is 4.74 Å². The minimum absolute atomic E-state index is 0.118. The van der Waals surface area contributed by atoms with Crippen LogP contribution >= 0.6 is 0 Å². The number of rotatable bonds is 9. The smallest absolute Gasteiger partial charge is 0.240 e. The zero-order valence-corrected chi connectivity index (χ0v) is 16.7. The Balaban J connectivity index is 2.08. The van der Waals surface area contributed by atoms with Gasteiger partial charge in [0.2, 0.25) is 15.9 Å². The van der Waals surface area contributed by atoms with E-state index in [1.54, 1.807) is 24.3 Å². The van der Waals surface area contributed by atoms with Gasteiger partial charge in [-0.05, 0) is 38.0 Å². The number of anilines is 1. The number of amides is 1. The molecule has 146 valence electrons. The van der Waals surface area contributed by atoms with Crippen LogP contribution in [-0.2, 0) is 21.2 Å². The van der Waals surface area contributed by atoms with Crippen LogP contribution in [0.3, 0.4) is 0 Å². The van der Waals surface area contributed by atoms with Crippen LogP contribution in [0, 0.1) is 0 Å². The van der Waals surface area contributed by atoms with Crippen molar-refractivity contribution in [1.82, 2.24) is 5.32 Å². The number of nitrogens with zero attached hydrogens (tertiary/aromatic N) is 1. The van der Waals surface area contributed by atoms with Gasteiger partial charge in [-0.25, -0.2) is 8.42 Å². The summed E-state index contributed by atoms with van der Waals surface area (Å²) in [5.41, 5.74) is 1.46. The highest BCUT2D eigenvalue weighted by Crippen LogP contribution is 2.30. The van der Waals surface area contributed by atoms with E-state index in [9.17, 15) is 13.2 Å². The molecule has 7 heteroatoms. The predicted molar refractivity (Wildman–Crippen MR) is 108 cm³/mol. The van der Waals surface area contributed by atoms with Crippen molar-refractivity contribution in [2.75, 3.05) is 23.7 Å². The monoisotopic (exact) mass is 390 g/mol. The average molecular weight is 391 g/mol. The minimum Gasteiger partial charge on any atom is -0.489 e. The molecule has 0 saturated carbocycles. The van der Waals surface area contributed by atoms with Gasteiger partial charge in [0.25, 0.3) is 0 Å². The topological polar surface area (TPSA) is 75.7 Å². The molecule has 0 saturated heterocycles. The second kappa shape index (κ2) is 9.41. The van der Waals surface area contributed by atoms with Gasteiger partial charge in [0.15, 0.2) is 0 Å². The number of para-hydroxylation sites is 2. The molecule has 1 N–H and O–H groups in total. The molecule has 2 rings (SSSR count). The van der Waals surface area contributed by atoms with E-state index in [0.29, 0.717) is 24.4 Å². The largest absolute Gasteiger partial charge is 0.489 e. The van der Waals surface area contributed by atoms with Gasteiger partial charge in [0.1, 0.15) is 12.3 Å². The Hall–Kier alpha value is -2.54. The Morgan fingerprint density at radius 3 is 2.33 bits per heavy atom. The molecule has 0 atom stereocenters. The minimum atomic E-state index is -3.66. The maximum absolute atomic E-state index is 12.3. The highest BCUT2D eigenvalue weighted by Gasteiger charge is 2.24. The van der Waals surface area contributed by atoms with Gasteiger partial charge < -0.3 is 10.1 Å². The molecule has 0 unspecified atom stereocenters. The van der Waals surface area contributed by atoms with Crippen LogP contribution in [0.15, 0.2) is 54.6 Å². The molecule has 0 aliphatic carbocycles. The summed E-state index contributed by atoms with van der Waals surface area (Å²) in [6, 6.07) is 16.6. The number of ether oxygens (including phenoxy) is 1. The number of hydrogen-bond donors (Lipinski definition) is 1. The standard InChI is InChI=1S/C20H26N2O4S/c1-16(2)26-19-12-8-7-11-18(19)22(27(3,24)25)15-20(23)21-14-13-17-9-5-4-6-10-17/h4-12,16H,13-15H2,1-3H3,(H,21,23).